The number of benzene rings is 3. The number of carboxylic acids is 1. The lowest BCUT2D eigenvalue weighted by atomic mass is 9.91. The molecule has 0 radical (unpaired) electrons. The molecular formula is C38H38F3N3O5. The first-order chi connectivity index (χ1) is 23.4. The van der Waals surface area contributed by atoms with Crippen LogP contribution >= 0.6 is 0 Å². The topological polar surface area (TPSA) is 101 Å². The number of aryl methyl sites for hydroxylation is 3. The summed E-state index contributed by atoms with van der Waals surface area (Å²) in [4.78, 5) is 42.5. The number of carboxylic acid groups (broad SMARTS) is 1. The summed E-state index contributed by atoms with van der Waals surface area (Å²) in [6.45, 7) is 6.37. The standard InChI is InChI=1S/C38H38F3N3O5/c1-4-25-13-23(10-11-43-18-27(39)19-43)17-44(38(25)48)36-28-14-24(8-9-30(28)40)20-49-32-7-5-6-21(2)34(32)26-12-22(3)35(41)29(15-26)31(16-33(45)46)42-37(36)47/h5-9,12-15,17,27,31,36H,4,10-11,16,18-20H2,1-3H3,(H,42,47)(H,45,46)/t31-,36-/m1/s1. The third-order valence-electron chi connectivity index (χ3n) is 9.34. The van der Waals surface area contributed by atoms with Crippen LogP contribution in [0.4, 0.5) is 13.2 Å². The minimum atomic E-state index is -1.59. The van der Waals surface area contributed by atoms with E-state index in [0.717, 1.165) is 5.56 Å². The number of halogens is 3. The highest BCUT2D eigenvalue weighted by Gasteiger charge is 2.33. The highest BCUT2D eigenvalue weighted by atomic mass is 19.1. The molecule has 2 atom stereocenters. The Morgan fingerprint density at radius 2 is 1.80 bits per heavy atom. The van der Waals surface area contributed by atoms with Gasteiger partial charge in [-0.05, 0) is 90.9 Å². The Labute approximate surface area is 282 Å². The molecule has 0 spiro atoms. The van der Waals surface area contributed by atoms with Gasteiger partial charge in [0, 0.05) is 48.1 Å². The van der Waals surface area contributed by atoms with Crippen LogP contribution < -0.4 is 15.6 Å². The van der Waals surface area contributed by atoms with Crippen molar-refractivity contribution in [3.63, 3.8) is 0 Å². The van der Waals surface area contributed by atoms with E-state index in [9.17, 15) is 23.9 Å². The molecule has 256 valence electrons. The van der Waals surface area contributed by atoms with Crippen molar-refractivity contribution < 1.29 is 32.6 Å². The zero-order chi connectivity index (χ0) is 35.0. The number of amides is 1. The second kappa shape index (κ2) is 13.9. The number of aliphatic carboxylic acids is 1. The van der Waals surface area contributed by atoms with Gasteiger partial charge in [0.05, 0.1) is 12.5 Å². The van der Waals surface area contributed by atoms with Crippen LogP contribution in [-0.2, 0) is 29.0 Å². The van der Waals surface area contributed by atoms with Crippen LogP contribution in [0, 0.1) is 25.5 Å². The molecule has 1 fully saturated rings. The first-order valence-electron chi connectivity index (χ1n) is 16.4. The number of carbonyl (C=O) groups excluding carboxylic acids is 1. The number of rotatable bonds is 7. The average Bonchev–Trinajstić information content (AvgIpc) is 3.04. The van der Waals surface area contributed by atoms with Crippen molar-refractivity contribution in [3.8, 4) is 16.9 Å². The minimum absolute atomic E-state index is 0.00665. The molecule has 1 amide bonds. The molecule has 2 aliphatic rings. The number of nitrogens with zero attached hydrogens (tertiary/aromatic N) is 2. The van der Waals surface area contributed by atoms with Gasteiger partial charge in [-0.3, -0.25) is 23.9 Å². The van der Waals surface area contributed by atoms with E-state index in [2.05, 4.69) is 5.32 Å². The molecule has 0 unspecified atom stereocenters. The van der Waals surface area contributed by atoms with E-state index in [1.807, 2.05) is 24.0 Å². The van der Waals surface area contributed by atoms with Gasteiger partial charge in [-0.25, -0.2) is 13.2 Å². The first-order valence-corrected chi connectivity index (χ1v) is 16.4. The SMILES string of the molecule is CCc1cc(CCN2CC(F)C2)cn([C@H]2C(=O)N[C@H](CC(=O)O)c3cc(cc(C)c3F)-c3c(C)cccc3OCc3ccc(F)c2c3)c1=O. The summed E-state index contributed by atoms with van der Waals surface area (Å²) in [7, 11) is 0. The van der Waals surface area contributed by atoms with Crippen molar-refractivity contribution in [2.24, 2.45) is 0 Å². The Morgan fingerprint density at radius 3 is 2.51 bits per heavy atom. The molecule has 2 N–H and O–H groups in total. The van der Waals surface area contributed by atoms with Gasteiger partial charge in [-0.2, -0.15) is 0 Å². The molecular weight excluding hydrogens is 635 g/mol. The maximum Gasteiger partial charge on any atom is 0.305 e. The molecule has 4 bridgehead atoms. The number of pyridine rings is 1. The van der Waals surface area contributed by atoms with E-state index < -0.39 is 53.7 Å². The monoisotopic (exact) mass is 673 g/mol. The van der Waals surface area contributed by atoms with Crippen molar-refractivity contribution in [2.75, 3.05) is 19.6 Å². The average molecular weight is 674 g/mol. The summed E-state index contributed by atoms with van der Waals surface area (Å²) < 4.78 is 52.8. The largest absolute Gasteiger partial charge is 0.488 e. The van der Waals surface area contributed by atoms with Crippen LogP contribution in [0.2, 0.25) is 0 Å². The van der Waals surface area contributed by atoms with Gasteiger partial charge in [0.2, 0.25) is 5.91 Å². The third-order valence-corrected chi connectivity index (χ3v) is 9.34. The second-order valence-corrected chi connectivity index (χ2v) is 12.9. The van der Waals surface area contributed by atoms with Crippen molar-refractivity contribution in [1.29, 1.82) is 0 Å². The zero-order valence-electron chi connectivity index (χ0n) is 27.6. The van der Waals surface area contributed by atoms with E-state index >= 15 is 8.78 Å². The van der Waals surface area contributed by atoms with Crippen LogP contribution in [0.1, 0.15) is 64.4 Å². The van der Waals surface area contributed by atoms with Crippen molar-refractivity contribution in [3.05, 3.63) is 122 Å². The molecule has 0 aliphatic carbocycles. The van der Waals surface area contributed by atoms with Gasteiger partial charge >= 0.3 is 5.97 Å². The number of carbonyl (C=O) groups is 2. The summed E-state index contributed by atoms with van der Waals surface area (Å²) in [5, 5.41) is 12.6. The van der Waals surface area contributed by atoms with Gasteiger partial charge < -0.3 is 15.2 Å². The first kappa shape index (κ1) is 34.0. The van der Waals surface area contributed by atoms with Crippen molar-refractivity contribution in [1.82, 2.24) is 14.8 Å². The fraction of sp³-hybridized carbons (Fsp3) is 0.342. The van der Waals surface area contributed by atoms with Gasteiger partial charge in [0.15, 0.2) is 0 Å². The lowest BCUT2D eigenvalue weighted by molar-refractivity contribution is -0.137. The molecule has 8 nitrogen and oxygen atoms in total. The molecule has 11 heteroatoms. The number of fused-ring (bicyclic) bond motifs is 6. The van der Waals surface area contributed by atoms with Crippen molar-refractivity contribution >= 4 is 11.9 Å². The predicted molar refractivity (Wildman–Crippen MR) is 178 cm³/mol. The summed E-state index contributed by atoms with van der Waals surface area (Å²) in [6, 6.07) is 11.6. The summed E-state index contributed by atoms with van der Waals surface area (Å²) >= 11 is 0. The predicted octanol–water partition coefficient (Wildman–Crippen LogP) is 5.98. The second-order valence-electron chi connectivity index (χ2n) is 12.9. The molecule has 6 rings (SSSR count). The van der Waals surface area contributed by atoms with Crippen LogP contribution in [0.15, 0.2) is 65.6 Å². The number of nitrogens with one attached hydrogen (secondary N) is 1. The number of hydrogen-bond donors (Lipinski definition) is 2. The molecule has 1 aromatic heterocycles. The Balaban J connectivity index is 1.54. The number of hydrogen-bond acceptors (Lipinski definition) is 5. The molecule has 2 aliphatic heterocycles. The third kappa shape index (κ3) is 6.98. The minimum Gasteiger partial charge on any atom is -0.488 e. The normalized spacial score (nSPS) is 18.1. The molecule has 4 aromatic rings. The Hall–Kier alpha value is -4.90. The van der Waals surface area contributed by atoms with Crippen LogP contribution in [0.25, 0.3) is 11.1 Å². The molecule has 3 aromatic carbocycles. The highest BCUT2D eigenvalue weighted by Crippen LogP contribution is 2.38. The van der Waals surface area contributed by atoms with Gasteiger partial charge in [-0.15, -0.1) is 0 Å². The molecule has 3 heterocycles. The smallest absolute Gasteiger partial charge is 0.305 e. The molecule has 1 saturated heterocycles. The van der Waals surface area contributed by atoms with E-state index in [1.165, 1.54) is 35.0 Å². The maximum absolute atomic E-state index is 16.0. The summed E-state index contributed by atoms with van der Waals surface area (Å²) in [5.41, 5.74) is 3.16. The molecule has 49 heavy (non-hydrogen) atoms. The van der Waals surface area contributed by atoms with E-state index in [0.29, 0.717) is 66.0 Å². The number of aromatic nitrogens is 1. The highest BCUT2D eigenvalue weighted by molar-refractivity contribution is 5.85. The van der Waals surface area contributed by atoms with E-state index in [-0.39, 0.29) is 23.3 Å². The number of ether oxygens (including phenoxy) is 1. The Kier molecular flexibility index (Phi) is 9.65. The summed E-state index contributed by atoms with van der Waals surface area (Å²) in [6.07, 6.45) is 0.714. The maximum atomic E-state index is 16.0. The van der Waals surface area contributed by atoms with Crippen molar-refractivity contribution in [2.45, 2.75) is 64.9 Å². The van der Waals surface area contributed by atoms with Gasteiger partial charge in [0.25, 0.3) is 5.56 Å². The number of alkyl halides is 1. The summed E-state index contributed by atoms with van der Waals surface area (Å²) in [5.74, 6) is -3.17. The zero-order valence-corrected chi connectivity index (χ0v) is 27.6. The van der Waals surface area contributed by atoms with Crippen LogP contribution in [0.3, 0.4) is 0 Å². The lowest BCUT2D eigenvalue weighted by Crippen LogP contribution is -2.49. The fourth-order valence-electron chi connectivity index (χ4n) is 6.75. The van der Waals surface area contributed by atoms with E-state index in [1.54, 1.807) is 32.0 Å². The van der Waals surface area contributed by atoms with E-state index in [4.69, 9.17) is 4.74 Å². The molecule has 0 saturated carbocycles. The van der Waals surface area contributed by atoms with Gasteiger partial charge in [0.1, 0.15) is 36.2 Å². The fourth-order valence-corrected chi connectivity index (χ4v) is 6.75. The quantitative estimate of drug-likeness (QED) is 0.250. The van der Waals surface area contributed by atoms with Crippen LogP contribution in [0.5, 0.6) is 5.75 Å². The Bertz CT molecular complexity index is 1990. The van der Waals surface area contributed by atoms with Gasteiger partial charge in [-0.1, -0.05) is 25.1 Å². The van der Waals surface area contributed by atoms with Crippen LogP contribution in [-0.4, -0.2) is 52.3 Å². The lowest BCUT2D eigenvalue weighted by Gasteiger charge is -2.34. The number of likely N-dealkylation sites (tertiary alicyclic amines) is 1. The Morgan fingerprint density at radius 1 is 1.02 bits per heavy atom.